The molecule has 0 saturated heterocycles. The highest BCUT2D eigenvalue weighted by molar-refractivity contribution is 5.98. The van der Waals surface area contributed by atoms with Crippen molar-refractivity contribution in [2.45, 2.75) is 18.8 Å². The number of halogens is 2. The number of rotatable bonds is 4. The van der Waals surface area contributed by atoms with E-state index in [2.05, 4.69) is 4.43 Å². The predicted octanol–water partition coefficient (Wildman–Crippen LogP) is -0.167. The van der Waals surface area contributed by atoms with Crippen LogP contribution >= 0.6 is 0 Å². The van der Waals surface area contributed by atoms with Gasteiger partial charge in [-0.1, -0.05) is 6.07 Å². The molecule has 0 spiro atoms. The fourth-order valence-electron chi connectivity index (χ4n) is 1.12. The third kappa shape index (κ3) is 3.67. The average molecular weight is 234 g/mol. The molecule has 3 nitrogen and oxygen atoms in total. The molecule has 0 saturated carbocycles. The van der Waals surface area contributed by atoms with Crippen LogP contribution in [0.5, 0.6) is 0 Å². The van der Waals surface area contributed by atoms with Gasteiger partial charge in [-0.3, -0.25) is 0 Å². The van der Waals surface area contributed by atoms with Gasteiger partial charge in [0.05, 0.1) is 0 Å². The van der Waals surface area contributed by atoms with Gasteiger partial charge >= 0.3 is 0 Å². The SMILES string of the molecule is OC(O)(CCc1ccc(F)cc1F)O[SiH3]. The van der Waals surface area contributed by atoms with E-state index in [0.29, 0.717) is 0 Å². The van der Waals surface area contributed by atoms with Gasteiger partial charge < -0.3 is 14.6 Å². The minimum atomic E-state index is -2.22. The largest absolute Gasteiger partial charge is 0.381 e. The Labute approximate surface area is 88.9 Å². The van der Waals surface area contributed by atoms with E-state index in [0.717, 1.165) is 12.1 Å². The van der Waals surface area contributed by atoms with Gasteiger partial charge in [0.2, 0.25) is 0 Å². The third-order valence-corrected chi connectivity index (χ3v) is 2.72. The fraction of sp³-hybridized carbons (Fsp3) is 0.333. The van der Waals surface area contributed by atoms with Crippen molar-refractivity contribution in [1.29, 1.82) is 0 Å². The Balaban J connectivity index is 2.66. The van der Waals surface area contributed by atoms with Crippen LogP contribution in [-0.2, 0) is 10.8 Å². The Bertz CT molecular complexity index is 344. The summed E-state index contributed by atoms with van der Waals surface area (Å²) in [7, 11) is 0.167. The molecule has 1 aromatic rings. The number of hydrogen-bond acceptors (Lipinski definition) is 3. The quantitative estimate of drug-likeness (QED) is 0.562. The molecule has 0 aromatic heterocycles. The number of hydrogen-bond donors (Lipinski definition) is 2. The Hall–Kier alpha value is -0.823. The molecule has 2 N–H and O–H groups in total. The summed E-state index contributed by atoms with van der Waals surface area (Å²) in [6.45, 7) is 0. The van der Waals surface area contributed by atoms with Gasteiger partial charge in [0.1, 0.15) is 11.6 Å². The maximum absolute atomic E-state index is 13.1. The Morgan fingerprint density at radius 1 is 1.33 bits per heavy atom. The van der Waals surface area contributed by atoms with E-state index in [4.69, 9.17) is 10.2 Å². The van der Waals surface area contributed by atoms with E-state index in [-0.39, 0.29) is 28.9 Å². The zero-order chi connectivity index (χ0) is 11.5. The monoisotopic (exact) mass is 234 g/mol. The first-order valence-corrected chi connectivity index (χ1v) is 5.20. The Morgan fingerprint density at radius 2 is 2.00 bits per heavy atom. The lowest BCUT2D eigenvalue weighted by molar-refractivity contribution is -0.294. The van der Waals surface area contributed by atoms with Crippen molar-refractivity contribution in [2.75, 3.05) is 0 Å². The van der Waals surface area contributed by atoms with E-state index in [9.17, 15) is 8.78 Å². The maximum Gasteiger partial charge on any atom is 0.267 e. The number of aryl methyl sites for hydroxylation is 1. The van der Waals surface area contributed by atoms with E-state index < -0.39 is 17.6 Å². The highest BCUT2D eigenvalue weighted by Gasteiger charge is 2.21. The molecule has 1 aromatic carbocycles. The Kier molecular flexibility index (Phi) is 3.92. The third-order valence-electron chi connectivity index (χ3n) is 2.06. The molecule has 0 radical (unpaired) electrons. The van der Waals surface area contributed by atoms with E-state index >= 15 is 0 Å². The lowest BCUT2D eigenvalue weighted by atomic mass is 10.1. The first-order valence-electron chi connectivity index (χ1n) is 4.38. The van der Waals surface area contributed by atoms with Gasteiger partial charge in [-0.15, -0.1) is 0 Å². The molecule has 0 aliphatic heterocycles. The van der Waals surface area contributed by atoms with Crippen LogP contribution < -0.4 is 0 Å². The van der Waals surface area contributed by atoms with Crippen LogP contribution in [0.1, 0.15) is 12.0 Å². The second-order valence-electron chi connectivity index (χ2n) is 3.18. The highest BCUT2D eigenvalue weighted by atomic mass is 28.2. The van der Waals surface area contributed by atoms with Gasteiger partial charge in [-0.25, -0.2) is 8.78 Å². The van der Waals surface area contributed by atoms with E-state index in [1.54, 1.807) is 0 Å². The molecule has 0 bridgehead atoms. The summed E-state index contributed by atoms with van der Waals surface area (Å²) in [6, 6.07) is 3.15. The molecule has 0 aliphatic carbocycles. The fourth-order valence-corrected chi connectivity index (χ4v) is 1.33. The lowest BCUT2D eigenvalue weighted by Crippen LogP contribution is -2.31. The van der Waals surface area contributed by atoms with Crippen molar-refractivity contribution < 1.29 is 23.4 Å². The molecule has 0 atom stereocenters. The van der Waals surface area contributed by atoms with Crippen LogP contribution in [0, 0.1) is 11.6 Å². The second kappa shape index (κ2) is 4.80. The summed E-state index contributed by atoms with van der Waals surface area (Å²) < 4.78 is 30.1. The zero-order valence-electron chi connectivity index (χ0n) is 8.20. The van der Waals surface area contributed by atoms with Crippen molar-refractivity contribution in [3.8, 4) is 0 Å². The lowest BCUT2D eigenvalue weighted by Gasteiger charge is -2.19. The van der Waals surface area contributed by atoms with Crippen molar-refractivity contribution in [2.24, 2.45) is 0 Å². The molecule has 84 valence electrons. The average Bonchev–Trinajstić information content (AvgIpc) is 2.16. The highest BCUT2D eigenvalue weighted by Crippen LogP contribution is 2.15. The second-order valence-corrected chi connectivity index (χ2v) is 3.59. The summed E-state index contributed by atoms with van der Waals surface area (Å²) in [5.41, 5.74) is 0.225. The van der Waals surface area contributed by atoms with Crippen molar-refractivity contribution >= 4 is 10.5 Å². The van der Waals surface area contributed by atoms with Crippen molar-refractivity contribution in [3.05, 3.63) is 35.4 Å². The Morgan fingerprint density at radius 3 is 2.53 bits per heavy atom. The normalized spacial score (nSPS) is 12.0. The smallest absolute Gasteiger partial charge is 0.267 e. The van der Waals surface area contributed by atoms with Crippen LogP contribution in [0.3, 0.4) is 0 Å². The van der Waals surface area contributed by atoms with Crippen molar-refractivity contribution in [1.82, 2.24) is 0 Å². The maximum atomic E-state index is 13.1. The summed E-state index contributed by atoms with van der Waals surface area (Å²) in [6.07, 6.45) is -0.0829. The standard InChI is InChI=1S/C9H12F2O3Si/c10-7-2-1-6(8(11)5-7)3-4-9(12,13)14-15/h1-2,5,12-13H,3-4H2,15H3. The zero-order valence-corrected chi connectivity index (χ0v) is 10.2. The van der Waals surface area contributed by atoms with Crippen molar-refractivity contribution in [3.63, 3.8) is 0 Å². The number of benzene rings is 1. The van der Waals surface area contributed by atoms with Crippen LogP contribution in [0.4, 0.5) is 8.78 Å². The van der Waals surface area contributed by atoms with Gasteiger partial charge in [-0.05, 0) is 18.1 Å². The molecule has 0 heterocycles. The molecule has 6 heteroatoms. The molecule has 15 heavy (non-hydrogen) atoms. The van der Waals surface area contributed by atoms with Gasteiger partial charge in [0.25, 0.3) is 5.97 Å². The van der Waals surface area contributed by atoms with Crippen LogP contribution in [-0.4, -0.2) is 26.7 Å². The summed E-state index contributed by atoms with van der Waals surface area (Å²) in [5, 5.41) is 18.2. The molecule has 0 fully saturated rings. The first-order chi connectivity index (χ1) is 6.94. The van der Waals surface area contributed by atoms with E-state index in [1.165, 1.54) is 6.07 Å². The van der Waals surface area contributed by atoms with Gasteiger partial charge in [0, 0.05) is 12.5 Å². The van der Waals surface area contributed by atoms with Gasteiger partial charge in [0.15, 0.2) is 10.5 Å². The molecule has 0 aliphatic rings. The minimum absolute atomic E-state index is 0.0708. The summed E-state index contributed by atoms with van der Waals surface area (Å²) >= 11 is 0. The molecule has 0 unspecified atom stereocenters. The molecule has 1 rings (SSSR count). The van der Waals surface area contributed by atoms with E-state index in [1.807, 2.05) is 0 Å². The first kappa shape index (κ1) is 12.2. The number of aliphatic hydroxyl groups is 2. The predicted molar refractivity (Wildman–Crippen MR) is 52.9 cm³/mol. The van der Waals surface area contributed by atoms with Gasteiger partial charge in [-0.2, -0.15) is 0 Å². The molecular weight excluding hydrogens is 222 g/mol. The molecule has 0 amide bonds. The van der Waals surface area contributed by atoms with Crippen LogP contribution in [0.25, 0.3) is 0 Å². The van der Waals surface area contributed by atoms with Crippen LogP contribution in [0.2, 0.25) is 0 Å². The van der Waals surface area contributed by atoms with Crippen LogP contribution in [0.15, 0.2) is 18.2 Å². The minimum Gasteiger partial charge on any atom is -0.381 e. The summed E-state index contributed by atoms with van der Waals surface area (Å²) in [5.74, 6) is -3.57. The summed E-state index contributed by atoms with van der Waals surface area (Å²) in [4.78, 5) is 0. The molecular formula is C9H12F2O3Si. The topological polar surface area (TPSA) is 49.7 Å².